The zero-order chi connectivity index (χ0) is 24.5. The minimum absolute atomic E-state index is 0.566. The number of likely N-dealkylation sites (tertiary alicyclic amines) is 1. The molecule has 9 heteroatoms. The third kappa shape index (κ3) is 5.63. The summed E-state index contributed by atoms with van der Waals surface area (Å²) in [7, 11) is 4.34. The molecule has 3 aromatic rings. The van der Waals surface area contributed by atoms with Gasteiger partial charge in [0, 0.05) is 58.3 Å². The molecule has 0 bridgehead atoms. The number of nitrogens with one attached hydrogen (secondary N) is 2. The summed E-state index contributed by atoms with van der Waals surface area (Å²) >= 11 is 7.86. The summed E-state index contributed by atoms with van der Waals surface area (Å²) in [5.74, 6) is 0.566. The van der Waals surface area contributed by atoms with Gasteiger partial charge in [-0.05, 0) is 92.8 Å². The van der Waals surface area contributed by atoms with Crippen LogP contribution in [0.1, 0.15) is 23.2 Å². The topological polar surface area (TPSA) is 69.2 Å². The summed E-state index contributed by atoms with van der Waals surface area (Å²) in [5.41, 5.74) is 7.06. The largest absolute Gasteiger partial charge is 0.349 e. The molecule has 35 heavy (non-hydrogen) atoms. The molecule has 7 nitrogen and oxygen atoms in total. The monoisotopic (exact) mass is 599 g/mol. The molecule has 1 saturated heterocycles. The van der Waals surface area contributed by atoms with Crippen molar-refractivity contribution in [2.24, 2.45) is 0 Å². The third-order valence-electron chi connectivity index (χ3n) is 6.81. The van der Waals surface area contributed by atoms with Crippen molar-refractivity contribution < 1.29 is 0 Å². The maximum atomic E-state index is 5.54. The van der Waals surface area contributed by atoms with E-state index < -0.39 is 0 Å². The number of likely N-dealkylation sites (N-methyl/N-ethyl adjacent to an activating group) is 1. The minimum Gasteiger partial charge on any atom is -0.349 e. The lowest BCUT2D eigenvalue weighted by Crippen LogP contribution is -2.32. The van der Waals surface area contributed by atoms with Gasteiger partial charge in [0.05, 0.1) is 22.1 Å². The summed E-state index contributed by atoms with van der Waals surface area (Å²) in [4.78, 5) is 19.8. The number of halogens is 1. The molecular formula is C26H30IN7S. The number of hydrogen-bond acceptors (Lipinski definition) is 7. The van der Waals surface area contributed by atoms with E-state index in [-0.39, 0.29) is 0 Å². The van der Waals surface area contributed by atoms with Gasteiger partial charge >= 0.3 is 0 Å². The highest BCUT2D eigenvalue weighted by molar-refractivity contribution is 14.1. The molecule has 182 valence electrons. The Morgan fingerprint density at radius 1 is 1.23 bits per heavy atom. The van der Waals surface area contributed by atoms with Crippen LogP contribution in [0.15, 0.2) is 36.7 Å². The van der Waals surface area contributed by atoms with Gasteiger partial charge in [-0.25, -0.2) is 9.97 Å². The molecule has 1 aromatic carbocycles. The fraction of sp³-hybridized carbons (Fsp3) is 0.385. The second-order valence-electron chi connectivity index (χ2n) is 9.54. The van der Waals surface area contributed by atoms with Gasteiger partial charge in [0.2, 0.25) is 5.95 Å². The fourth-order valence-electron chi connectivity index (χ4n) is 4.71. The first-order valence-electron chi connectivity index (χ1n) is 11.9. The molecule has 4 heterocycles. The molecule has 2 aromatic heterocycles. The number of nitrogens with zero attached hydrogens (tertiary/aromatic N) is 5. The summed E-state index contributed by atoms with van der Waals surface area (Å²) in [6.45, 7) is 5.36. The standard InChI is InChI=1S/C26H30IN7S/c1-16-22(10-17(13-28-16)6-8-34-9-7-20(15-34)33(2)3)31-26-29-14-18-11-24(35)30-23-12-19(27)4-5-21(23)25(18)32-26/h4-5,10,12-14,20H,6-9,11,15H2,1-3H3,(H,30,35)(H,29,31,32). The van der Waals surface area contributed by atoms with E-state index in [2.05, 4.69) is 91.4 Å². The van der Waals surface area contributed by atoms with Gasteiger partial charge in [0.15, 0.2) is 0 Å². The van der Waals surface area contributed by atoms with E-state index in [0.29, 0.717) is 18.4 Å². The first-order valence-corrected chi connectivity index (χ1v) is 13.4. The van der Waals surface area contributed by atoms with E-state index in [4.69, 9.17) is 17.2 Å². The first-order chi connectivity index (χ1) is 16.9. The Kier molecular flexibility index (Phi) is 7.29. The Morgan fingerprint density at radius 2 is 2.09 bits per heavy atom. The third-order valence-corrected chi connectivity index (χ3v) is 7.73. The maximum absolute atomic E-state index is 5.54. The number of fused-ring (bicyclic) bond motifs is 3. The minimum atomic E-state index is 0.566. The number of aryl methyl sites for hydroxylation is 1. The Labute approximate surface area is 225 Å². The summed E-state index contributed by atoms with van der Waals surface area (Å²) in [5, 5.41) is 6.79. The second-order valence-corrected chi connectivity index (χ2v) is 11.3. The van der Waals surface area contributed by atoms with E-state index in [1.165, 1.54) is 12.0 Å². The van der Waals surface area contributed by atoms with Crippen LogP contribution in [0.2, 0.25) is 0 Å². The van der Waals surface area contributed by atoms with Gasteiger partial charge in [-0.1, -0.05) is 12.2 Å². The number of rotatable bonds is 6. The molecule has 0 radical (unpaired) electrons. The van der Waals surface area contributed by atoms with Gasteiger partial charge < -0.3 is 20.4 Å². The van der Waals surface area contributed by atoms with Crippen LogP contribution in [-0.2, 0) is 12.8 Å². The lowest BCUT2D eigenvalue weighted by atomic mass is 10.1. The molecule has 0 saturated carbocycles. The van der Waals surface area contributed by atoms with Crippen LogP contribution in [0.4, 0.5) is 17.3 Å². The Morgan fingerprint density at radius 3 is 2.89 bits per heavy atom. The van der Waals surface area contributed by atoms with Crippen molar-refractivity contribution in [1.29, 1.82) is 0 Å². The van der Waals surface area contributed by atoms with E-state index in [1.807, 2.05) is 19.3 Å². The molecule has 5 rings (SSSR count). The van der Waals surface area contributed by atoms with Gasteiger partial charge in [0.1, 0.15) is 0 Å². The molecule has 2 N–H and O–H groups in total. The lowest BCUT2D eigenvalue weighted by Gasteiger charge is -2.20. The molecule has 0 aliphatic carbocycles. The molecule has 1 atom stereocenters. The van der Waals surface area contributed by atoms with Gasteiger partial charge in [-0.2, -0.15) is 0 Å². The Bertz CT molecular complexity index is 1260. The second kappa shape index (κ2) is 10.4. The van der Waals surface area contributed by atoms with Crippen LogP contribution in [0, 0.1) is 10.5 Å². The number of benzene rings is 1. The zero-order valence-electron chi connectivity index (χ0n) is 20.3. The van der Waals surface area contributed by atoms with Crippen LogP contribution < -0.4 is 10.6 Å². The Hall–Kier alpha value is -2.21. The molecule has 2 aliphatic heterocycles. The fourth-order valence-corrected chi connectivity index (χ4v) is 5.46. The van der Waals surface area contributed by atoms with E-state index in [0.717, 1.165) is 68.5 Å². The number of anilines is 3. The van der Waals surface area contributed by atoms with Crippen molar-refractivity contribution in [3.8, 4) is 11.3 Å². The van der Waals surface area contributed by atoms with Crippen molar-refractivity contribution in [1.82, 2.24) is 24.8 Å². The smallest absolute Gasteiger partial charge is 0.227 e. The van der Waals surface area contributed by atoms with Crippen LogP contribution >= 0.6 is 34.8 Å². The summed E-state index contributed by atoms with van der Waals surface area (Å²) in [6, 6.07) is 9.13. The molecule has 0 spiro atoms. The van der Waals surface area contributed by atoms with Crippen LogP contribution in [0.3, 0.4) is 0 Å². The SMILES string of the molecule is Cc1ncc(CCN2CCC(N(C)C)C2)cc1Nc1ncc2c(n1)-c1ccc(I)cc1NC(=S)C2. The molecule has 1 unspecified atom stereocenters. The lowest BCUT2D eigenvalue weighted by molar-refractivity contribution is 0.270. The first kappa shape index (κ1) is 24.5. The van der Waals surface area contributed by atoms with Crippen molar-refractivity contribution in [3.05, 3.63) is 57.1 Å². The average Bonchev–Trinajstić information content (AvgIpc) is 3.25. The molecular weight excluding hydrogens is 569 g/mol. The number of thiocarbonyl (C=S) groups is 1. The van der Waals surface area contributed by atoms with Gasteiger partial charge in [-0.3, -0.25) is 4.98 Å². The van der Waals surface area contributed by atoms with Crippen LogP contribution in [-0.4, -0.2) is 69.5 Å². The predicted octanol–water partition coefficient (Wildman–Crippen LogP) is 4.67. The maximum Gasteiger partial charge on any atom is 0.227 e. The van der Waals surface area contributed by atoms with Crippen LogP contribution in [0.25, 0.3) is 11.3 Å². The molecule has 2 aliphatic rings. The van der Waals surface area contributed by atoms with Crippen molar-refractivity contribution in [3.63, 3.8) is 0 Å². The average molecular weight is 600 g/mol. The van der Waals surface area contributed by atoms with E-state index in [9.17, 15) is 0 Å². The highest BCUT2D eigenvalue weighted by Crippen LogP contribution is 2.34. The van der Waals surface area contributed by atoms with Crippen LogP contribution in [0.5, 0.6) is 0 Å². The zero-order valence-corrected chi connectivity index (χ0v) is 23.3. The highest BCUT2D eigenvalue weighted by Gasteiger charge is 2.23. The van der Waals surface area contributed by atoms with E-state index >= 15 is 0 Å². The van der Waals surface area contributed by atoms with E-state index in [1.54, 1.807) is 0 Å². The van der Waals surface area contributed by atoms with Gasteiger partial charge in [-0.15, -0.1) is 0 Å². The van der Waals surface area contributed by atoms with Crippen molar-refractivity contribution in [2.45, 2.75) is 32.2 Å². The normalized spacial score (nSPS) is 17.6. The predicted molar refractivity (Wildman–Crippen MR) is 155 cm³/mol. The van der Waals surface area contributed by atoms with Crippen molar-refractivity contribution in [2.75, 3.05) is 44.4 Å². The highest BCUT2D eigenvalue weighted by atomic mass is 127. The van der Waals surface area contributed by atoms with Crippen molar-refractivity contribution >= 4 is 57.1 Å². The Balaban J connectivity index is 1.35. The molecule has 1 fully saturated rings. The number of aromatic nitrogens is 3. The summed E-state index contributed by atoms with van der Waals surface area (Å²) < 4.78 is 1.15. The number of hydrogen-bond donors (Lipinski definition) is 2. The molecule has 0 amide bonds. The summed E-state index contributed by atoms with van der Waals surface area (Å²) in [6.07, 6.45) is 6.71. The van der Waals surface area contributed by atoms with Gasteiger partial charge in [0.25, 0.3) is 0 Å². The quantitative estimate of drug-likeness (QED) is 0.313. The number of pyridine rings is 1.